The largest absolute Gasteiger partial charge is 0.496 e. The molecule has 0 unspecified atom stereocenters. The summed E-state index contributed by atoms with van der Waals surface area (Å²) in [4.78, 5) is 14.1. The second kappa shape index (κ2) is 9.19. The predicted molar refractivity (Wildman–Crippen MR) is 87.6 cm³/mol. The summed E-state index contributed by atoms with van der Waals surface area (Å²) in [6.45, 7) is 9.80. The van der Waals surface area contributed by atoms with Crippen molar-refractivity contribution in [3.63, 3.8) is 0 Å². The third-order valence-corrected chi connectivity index (χ3v) is 3.42. The molecule has 1 N–H and O–H groups in total. The van der Waals surface area contributed by atoms with Crippen molar-refractivity contribution in [3.05, 3.63) is 35.4 Å². The minimum absolute atomic E-state index is 0.0780. The molecule has 0 saturated carbocycles. The lowest BCUT2D eigenvalue weighted by Crippen LogP contribution is -2.34. The summed E-state index contributed by atoms with van der Waals surface area (Å²) in [6, 6.07) is 5.89. The summed E-state index contributed by atoms with van der Waals surface area (Å²) in [5.41, 5.74) is 2.05. The number of hydrogen-bond donors (Lipinski definition) is 1. The highest BCUT2D eigenvalue weighted by molar-refractivity contribution is 5.92. The Morgan fingerprint density at radius 2 is 2.05 bits per heavy atom. The highest BCUT2D eigenvalue weighted by Gasteiger charge is 2.02. The van der Waals surface area contributed by atoms with Crippen LogP contribution in [0.25, 0.3) is 6.08 Å². The monoisotopic (exact) mass is 290 g/mol. The number of amides is 1. The van der Waals surface area contributed by atoms with Crippen LogP contribution in [0.4, 0.5) is 0 Å². The van der Waals surface area contributed by atoms with E-state index in [1.807, 2.05) is 25.1 Å². The average Bonchev–Trinajstić information content (AvgIpc) is 2.49. The van der Waals surface area contributed by atoms with Crippen LogP contribution in [0.15, 0.2) is 24.3 Å². The number of benzene rings is 1. The third kappa shape index (κ3) is 6.00. The molecule has 0 aliphatic rings. The number of ether oxygens (including phenoxy) is 1. The maximum atomic E-state index is 11.8. The van der Waals surface area contributed by atoms with Crippen molar-refractivity contribution in [3.8, 4) is 5.75 Å². The van der Waals surface area contributed by atoms with E-state index < -0.39 is 0 Å². The number of likely N-dealkylation sites (N-methyl/N-ethyl adjacent to an activating group) is 1. The van der Waals surface area contributed by atoms with Gasteiger partial charge in [-0.05, 0) is 38.2 Å². The van der Waals surface area contributed by atoms with Crippen molar-refractivity contribution in [2.75, 3.05) is 33.3 Å². The van der Waals surface area contributed by atoms with Crippen LogP contribution in [0.2, 0.25) is 0 Å². The molecule has 1 amide bonds. The Hall–Kier alpha value is -1.81. The van der Waals surface area contributed by atoms with Gasteiger partial charge < -0.3 is 15.0 Å². The van der Waals surface area contributed by atoms with E-state index in [-0.39, 0.29) is 5.91 Å². The zero-order valence-electron chi connectivity index (χ0n) is 13.5. The molecule has 0 bridgehead atoms. The normalized spacial score (nSPS) is 11.1. The standard InChI is InChI=1S/C17H26N2O2/c1-5-19(6-2)12-11-18-17(20)10-8-15-13-14(3)7-9-16(15)21-4/h7-10,13H,5-6,11-12H2,1-4H3,(H,18,20)/b10-8+. The highest BCUT2D eigenvalue weighted by Crippen LogP contribution is 2.20. The maximum Gasteiger partial charge on any atom is 0.244 e. The smallest absolute Gasteiger partial charge is 0.244 e. The zero-order valence-corrected chi connectivity index (χ0v) is 13.5. The van der Waals surface area contributed by atoms with Gasteiger partial charge in [-0.15, -0.1) is 0 Å². The first-order valence-electron chi connectivity index (χ1n) is 7.43. The van der Waals surface area contributed by atoms with E-state index in [2.05, 4.69) is 24.1 Å². The topological polar surface area (TPSA) is 41.6 Å². The minimum Gasteiger partial charge on any atom is -0.496 e. The summed E-state index contributed by atoms with van der Waals surface area (Å²) in [5, 5.41) is 2.90. The maximum absolute atomic E-state index is 11.8. The Morgan fingerprint density at radius 1 is 1.33 bits per heavy atom. The first-order valence-corrected chi connectivity index (χ1v) is 7.43. The lowest BCUT2D eigenvalue weighted by molar-refractivity contribution is -0.116. The Balaban J connectivity index is 2.52. The first kappa shape index (κ1) is 17.2. The van der Waals surface area contributed by atoms with Gasteiger partial charge in [0.25, 0.3) is 0 Å². The quantitative estimate of drug-likeness (QED) is 0.748. The van der Waals surface area contributed by atoms with E-state index in [0.29, 0.717) is 6.54 Å². The van der Waals surface area contributed by atoms with Crippen LogP contribution in [0, 0.1) is 6.92 Å². The van der Waals surface area contributed by atoms with Crippen LogP contribution in [-0.4, -0.2) is 44.1 Å². The van der Waals surface area contributed by atoms with Gasteiger partial charge >= 0.3 is 0 Å². The molecule has 0 aromatic heterocycles. The molecule has 1 aromatic carbocycles. The number of hydrogen-bond acceptors (Lipinski definition) is 3. The van der Waals surface area contributed by atoms with Crippen molar-refractivity contribution in [1.82, 2.24) is 10.2 Å². The fourth-order valence-corrected chi connectivity index (χ4v) is 2.09. The number of aryl methyl sites for hydroxylation is 1. The number of methoxy groups -OCH3 is 1. The first-order chi connectivity index (χ1) is 10.1. The van der Waals surface area contributed by atoms with Gasteiger partial charge in [-0.1, -0.05) is 25.5 Å². The van der Waals surface area contributed by atoms with Gasteiger partial charge in [-0.25, -0.2) is 0 Å². The molecule has 0 aliphatic carbocycles. The van der Waals surface area contributed by atoms with Crippen molar-refractivity contribution in [2.24, 2.45) is 0 Å². The Morgan fingerprint density at radius 3 is 2.67 bits per heavy atom. The summed E-state index contributed by atoms with van der Waals surface area (Å²) in [5.74, 6) is 0.693. The van der Waals surface area contributed by atoms with Crippen LogP contribution < -0.4 is 10.1 Å². The summed E-state index contributed by atoms with van der Waals surface area (Å²) >= 11 is 0. The Bertz CT molecular complexity index is 480. The second-order valence-electron chi connectivity index (χ2n) is 4.90. The van der Waals surface area contributed by atoms with Crippen LogP contribution in [0.5, 0.6) is 5.75 Å². The summed E-state index contributed by atoms with van der Waals surface area (Å²) in [6.07, 6.45) is 3.35. The fourth-order valence-electron chi connectivity index (χ4n) is 2.09. The molecule has 0 spiro atoms. The molecule has 0 atom stereocenters. The van der Waals surface area contributed by atoms with E-state index in [0.717, 1.165) is 36.5 Å². The Labute approximate surface area is 127 Å². The third-order valence-electron chi connectivity index (χ3n) is 3.42. The molecule has 4 nitrogen and oxygen atoms in total. The number of nitrogens with one attached hydrogen (secondary N) is 1. The van der Waals surface area contributed by atoms with Crippen molar-refractivity contribution >= 4 is 12.0 Å². The highest BCUT2D eigenvalue weighted by atomic mass is 16.5. The van der Waals surface area contributed by atoms with E-state index >= 15 is 0 Å². The fraction of sp³-hybridized carbons (Fsp3) is 0.471. The number of carbonyl (C=O) groups is 1. The second-order valence-corrected chi connectivity index (χ2v) is 4.90. The Kier molecular flexibility index (Phi) is 7.54. The van der Waals surface area contributed by atoms with Crippen LogP contribution >= 0.6 is 0 Å². The van der Waals surface area contributed by atoms with E-state index in [1.54, 1.807) is 19.3 Å². The van der Waals surface area contributed by atoms with E-state index in [4.69, 9.17) is 4.74 Å². The number of carbonyl (C=O) groups excluding carboxylic acids is 1. The van der Waals surface area contributed by atoms with E-state index in [1.165, 1.54) is 0 Å². The van der Waals surface area contributed by atoms with Gasteiger partial charge in [0.2, 0.25) is 5.91 Å². The number of nitrogens with zero attached hydrogens (tertiary/aromatic N) is 1. The lowest BCUT2D eigenvalue weighted by Gasteiger charge is -2.17. The van der Waals surface area contributed by atoms with Crippen molar-refractivity contribution < 1.29 is 9.53 Å². The van der Waals surface area contributed by atoms with Gasteiger partial charge in [0.15, 0.2) is 0 Å². The van der Waals surface area contributed by atoms with Gasteiger partial charge in [-0.3, -0.25) is 4.79 Å². The van der Waals surface area contributed by atoms with Gasteiger partial charge in [0, 0.05) is 24.7 Å². The predicted octanol–water partition coefficient (Wildman–Crippen LogP) is 2.47. The van der Waals surface area contributed by atoms with Crippen LogP contribution in [0.1, 0.15) is 25.0 Å². The number of rotatable bonds is 8. The molecule has 0 radical (unpaired) electrons. The average molecular weight is 290 g/mol. The lowest BCUT2D eigenvalue weighted by atomic mass is 10.1. The molecular weight excluding hydrogens is 264 g/mol. The molecular formula is C17H26N2O2. The molecule has 0 heterocycles. The zero-order chi connectivity index (χ0) is 15.7. The van der Waals surface area contributed by atoms with Crippen LogP contribution in [0.3, 0.4) is 0 Å². The molecule has 4 heteroatoms. The molecule has 1 aromatic rings. The summed E-state index contributed by atoms with van der Waals surface area (Å²) < 4.78 is 5.28. The molecule has 21 heavy (non-hydrogen) atoms. The molecule has 116 valence electrons. The minimum atomic E-state index is -0.0780. The molecule has 1 rings (SSSR count). The van der Waals surface area contributed by atoms with Crippen LogP contribution in [-0.2, 0) is 4.79 Å². The van der Waals surface area contributed by atoms with Gasteiger partial charge in [0.05, 0.1) is 7.11 Å². The molecule has 0 aliphatic heterocycles. The summed E-state index contributed by atoms with van der Waals surface area (Å²) in [7, 11) is 1.63. The van der Waals surface area contributed by atoms with Crippen molar-refractivity contribution in [1.29, 1.82) is 0 Å². The van der Waals surface area contributed by atoms with E-state index in [9.17, 15) is 4.79 Å². The van der Waals surface area contributed by atoms with Gasteiger partial charge in [0.1, 0.15) is 5.75 Å². The van der Waals surface area contributed by atoms with Gasteiger partial charge in [-0.2, -0.15) is 0 Å². The molecule has 0 fully saturated rings. The molecule has 0 saturated heterocycles. The van der Waals surface area contributed by atoms with Crippen molar-refractivity contribution in [2.45, 2.75) is 20.8 Å². The SMILES string of the molecule is CCN(CC)CCNC(=O)/C=C/c1cc(C)ccc1OC.